The molecule has 0 aliphatic heterocycles. The largest absolute Gasteiger partial charge is 0.461 e. The molecule has 1 N–H and O–H groups in total. The lowest BCUT2D eigenvalue weighted by Gasteiger charge is -2.22. The molecular formula is C18H27NO. The number of benzene rings is 1. The van der Waals surface area contributed by atoms with Crippen molar-refractivity contribution >= 4 is 11.0 Å². The van der Waals surface area contributed by atoms with Crippen molar-refractivity contribution in [2.45, 2.75) is 59.5 Å². The van der Waals surface area contributed by atoms with E-state index in [0.717, 1.165) is 30.2 Å². The highest BCUT2D eigenvalue weighted by Gasteiger charge is 2.16. The summed E-state index contributed by atoms with van der Waals surface area (Å²) in [5.74, 6) is 1.87. The maximum Gasteiger partial charge on any atom is 0.134 e. The Labute approximate surface area is 122 Å². The minimum Gasteiger partial charge on any atom is -0.461 e. The van der Waals surface area contributed by atoms with Crippen LogP contribution in [-0.4, -0.2) is 6.04 Å². The van der Waals surface area contributed by atoms with Crippen LogP contribution >= 0.6 is 0 Å². The van der Waals surface area contributed by atoms with Gasteiger partial charge >= 0.3 is 0 Å². The molecule has 0 spiro atoms. The van der Waals surface area contributed by atoms with E-state index in [1.54, 1.807) is 0 Å². The molecule has 0 amide bonds. The number of para-hydroxylation sites is 1. The Bertz CT molecular complexity index is 539. The smallest absolute Gasteiger partial charge is 0.134 e. The molecule has 20 heavy (non-hydrogen) atoms. The summed E-state index contributed by atoms with van der Waals surface area (Å²) in [6.07, 6.45) is 3.42. The molecule has 2 aromatic rings. The van der Waals surface area contributed by atoms with Crippen LogP contribution in [0.5, 0.6) is 0 Å². The molecule has 0 bridgehead atoms. The molecule has 2 nitrogen and oxygen atoms in total. The number of hydrogen-bond donors (Lipinski definition) is 1. The molecule has 0 aliphatic carbocycles. The van der Waals surface area contributed by atoms with E-state index in [4.69, 9.17) is 4.42 Å². The number of furan rings is 1. The van der Waals surface area contributed by atoms with Gasteiger partial charge in [-0.25, -0.2) is 0 Å². The average molecular weight is 273 g/mol. The van der Waals surface area contributed by atoms with Crippen LogP contribution in [0, 0.1) is 5.92 Å². The van der Waals surface area contributed by atoms with Crippen molar-refractivity contribution in [2.24, 2.45) is 5.92 Å². The Morgan fingerprint density at radius 2 is 1.80 bits per heavy atom. The standard InChI is InChI=1S/C18H27NO/c1-5-14(6-2)13(4)19-12-16-15-10-8-9-11-18(15)20-17(16)7-3/h8-11,13-14,19H,5-7,12H2,1-4H3. The molecule has 2 rings (SSSR count). The molecule has 0 radical (unpaired) electrons. The van der Waals surface area contributed by atoms with E-state index in [1.807, 2.05) is 6.07 Å². The first-order valence-electron chi connectivity index (χ1n) is 7.93. The molecule has 0 saturated heterocycles. The quantitative estimate of drug-likeness (QED) is 0.775. The van der Waals surface area contributed by atoms with Crippen LogP contribution in [0.15, 0.2) is 28.7 Å². The first-order valence-corrected chi connectivity index (χ1v) is 7.93. The summed E-state index contributed by atoms with van der Waals surface area (Å²) in [5, 5.41) is 4.95. The van der Waals surface area contributed by atoms with Gasteiger partial charge in [0.05, 0.1) is 0 Å². The SMILES string of the molecule is CCc1oc2ccccc2c1CNC(C)C(CC)CC. The summed E-state index contributed by atoms with van der Waals surface area (Å²) in [6.45, 7) is 9.91. The highest BCUT2D eigenvalue weighted by Crippen LogP contribution is 2.26. The lowest BCUT2D eigenvalue weighted by molar-refractivity contribution is 0.352. The molecule has 0 fully saturated rings. The van der Waals surface area contributed by atoms with Gasteiger partial charge in [0.1, 0.15) is 11.3 Å². The second kappa shape index (κ2) is 6.94. The van der Waals surface area contributed by atoms with Gasteiger partial charge in [-0.1, -0.05) is 51.8 Å². The minimum absolute atomic E-state index is 0.545. The molecule has 0 saturated carbocycles. The number of rotatable bonds is 7. The average Bonchev–Trinajstić information content (AvgIpc) is 2.84. The van der Waals surface area contributed by atoms with Crippen LogP contribution in [-0.2, 0) is 13.0 Å². The van der Waals surface area contributed by atoms with Crippen molar-refractivity contribution < 1.29 is 4.42 Å². The van der Waals surface area contributed by atoms with E-state index >= 15 is 0 Å². The van der Waals surface area contributed by atoms with E-state index < -0.39 is 0 Å². The van der Waals surface area contributed by atoms with Gasteiger partial charge in [0.25, 0.3) is 0 Å². The van der Waals surface area contributed by atoms with E-state index in [-0.39, 0.29) is 0 Å². The maximum absolute atomic E-state index is 5.95. The van der Waals surface area contributed by atoms with Gasteiger partial charge in [-0.15, -0.1) is 0 Å². The molecule has 1 aromatic heterocycles. The van der Waals surface area contributed by atoms with Crippen molar-refractivity contribution in [1.82, 2.24) is 5.32 Å². The first-order chi connectivity index (χ1) is 9.71. The maximum atomic E-state index is 5.95. The molecular weight excluding hydrogens is 246 g/mol. The van der Waals surface area contributed by atoms with Crippen molar-refractivity contribution in [3.05, 3.63) is 35.6 Å². The third-order valence-corrected chi connectivity index (χ3v) is 4.46. The van der Waals surface area contributed by atoms with Crippen LogP contribution in [0.2, 0.25) is 0 Å². The fourth-order valence-corrected chi connectivity index (χ4v) is 3.05. The highest BCUT2D eigenvalue weighted by atomic mass is 16.3. The van der Waals surface area contributed by atoms with Crippen molar-refractivity contribution in [3.8, 4) is 0 Å². The van der Waals surface area contributed by atoms with E-state index in [1.165, 1.54) is 23.8 Å². The van der Waals surface area contributed by atoms with Crippen molar-refractivity contribution in [3.63, 3.8) is 0 Å². The summed E-state index contributed by atoms with van der Waals surface area (Å²) in [5.41, 5.74) is 2.34. The van der Waals surface area contributed by atoms with Crippen molar-refractivity contribution in [1.29, 1.82) is 0 Å². The van der Waals surface area contributed by atoms with Crippen molar-refractivity contribution in [2.75, 3.05) is 0 Å². The van der Waals surface area contributed by atoms with Gasteiger partial charge in [0, 0.05) is 30.0 Å². The first kappa shape index (κ1) is 15.1. The zero-order valence-corrected chi connectivity index (χ0v) is 13.2. The lowest BCUT2D eigenvalue weighted by Crippen LogP contribution is -2.32. The van der Waals surface area contributed by atoms with E-state index in [0.29, 0.717) is 6.04 Å². The minimum atomic E-state index is 0.545. The Balaban J connectivity index is 2.16. The third kappa shape index (κ3) is 3.06. The summed E-state index contributed by atoms with van der Waals surface area (Å²) in [6, 6.07) is 8.89. The summed E-state index contributed by atoms with van der Waals surface area (Å²) < 4.78 is 5.95. The molecule has 2 heteroatoms. The Kier molecular flexibility index (Phi) is 5.24. The molecule has 1 aromatic carbocycles. The second-order valence-electron chi connectivity index (χ2n) is 5.60. The monoisotopic (exact) mass is 273 g/mol. The summed E-state index contributed by atoms with van der Waals surface area (Å²) in [7, 11) is 0. The Hall–Kier alpha value is -1.28. The fourth-order valence-electron chi connectivity index (χ4n) is 3.05. The Morgan fingerprint density at radius 3 is 2.45 bits per heavy atom. The number of fused-ring (bicyclic) bond motifs is 1. The van der Waals surface area contributed by atoms with Gasteiger partial charge in [-0.2, -0.15) is 0 Å². The third-order valence-electron chi connectivity index (χ3n) is 4.46. The molecule has 0 aliphatic rings. The van der Waals surface area contributed by atoms with Gasteiger partial charge in [-0.3, -0.25) is 0 Å². The normalized spacial score (nSPS) is 13.2. The Morgan fingerprint density at radius 1 is 1.10 bits per heavy atom. The topological polar surface area (TPSA) is 25.2 Å². The zero-order valence-electron chi connectivity index (χ0n) is 13.2. The van der Waals surface area contributed by atoms with Gasteiger partial charge in [-0.05, 0) is 18.9 Å². The molecule has 1 heterocycles. The molecule has 1 unspecified atom stereocenters. The highest BCUT2D eigenvalue weighted by molar-refractivity contribution is 5.82. The van der Waals surface area contributed by atoms with Crippen LogP contribution in [0.4, 0.5) is 0 Å². The number of aryl methyl sites for hydroxylation is 1. The number of hydrogen-bond acceptors (Lipinski definition) is 2. The second-order valence-corrected chi connectivity index (χ2v) is 5.60. The number of nitrogens with one attached hydrogen (secondary N) is 1. The van der Waals surface area contributed by atoms with Crippen LogP contribution in [0.1, 0.15) is 51.9 Å². The van der Waals surface area contributed by atoms with Gasteiger partial charge in [0.2, 0.25) is 0 Å². The van der Waals surface area contributed by atoms with Gasteiger partial charge < -0.3 is 9.73 Å². The molecule has 1 atom stereocenters. The van der Waals surface area contributed by atoms with E-state index in [2.05, 4.69) is 51.2 Å². The van der Waals surface area contributed by atoms with E-state index in [9.17, 15) is 0 Å². The molecule has 110 valence electrons. The summed E-state index contributed by atoms with van der Waals surface area (Å²) >= 11 is 0. The summed E-state index contributed by atoms with van der Waals surface area (Å²) in [4.78, 5) is 0. The van der Waals surface area contributed by atoms with Crippen LogP contribution in [0.25, 0.3) is 11.0 Å². The predicted molar refractivity (Wildman–Crippen MR) is 86.0 cm³/mol. The van der Waals surface area contributed by atoms with Gasteiger partial charge in [0.15, 0.2) is 0 Å². The fraction of sp³-hybridized carbons (Fsp3) is 0.556. The van der Waals surface area contributed by atoms with Crippen LogP contribution < -0.4 is 5.32 Å². The zero-order chi connectivity index (χ0) is 14.5. The lowest BCUT2D eigenvalue weighted by atomic mass is 9.95. The predicted octanol–water partition coefficient (Wildman–Crippen LogP) is 4.91. The van der Waals surface area contributed by atoms with Crippen LogP contribution in [0.3, 0.4) is 0 Å².